The summed E-state index contributed by atoms with van der Waals surface area (Å²) in [6, 6.07) is 21.9. The molecule has 1 amide bonds. The Balaban J connectivity index is 1.53. The summed E-state index contributed by atoms with van der Waals surface area (Å²) in [5, 5.41) is 13.1. The van der Waals surface area contributed by atoms with Crippen LogP contribution in [0.1, 0.15) is 39.8 Å². The zero-order chi connectivity index (χ0) is 38.1. The van der Waals surface area contributed by atoms with Crippen LogP contribution in [-0.2, 0) is 27.5 Å². The number of phosphoric acid groups is 1. The Labute approximate surface area is 308 Å². The number of ether oxygens (including phenoxy) is 3. The molecule has 0 spiro atoms. The number of nitriles is 1. The fourth-order valence-electron chi connectivity index (χ4n) is 6.17. The molecule has 280 valence electrons. The number of rotatable bonds is 17. The summed E-state index contributed by atoms with van der Waals surface area (Å²) in [7, 11) is -7.72. The molecular formula is C36H43N6O9PSi. The smallest absolute Gasteiger partial charge is 0.472 e. The highest BCUT2D eigenvalue weighted by molar-refractivity contribution is 7.47. The number of benzene rings is 2. The Morgan fingerprint density at radius 3 is 2.38 bits per heavy atom. The van der Waals surface area contributed by atoms with Crippen molar-refractivity contribution in [3.63, 3.8) is 0 Å². The van der Waals surface area contributed by atoms with Gasteiger partial charge in [0, 0.05) is 6.42 Å². The van der Waals surface area contributed by atoms with Gasteiger partial charge in [0.1, 0.15) is 31.6 Å². The van der Waals surface area contributed by atoms with Crippen molar-refractivity contribution < 1.29 is 41.9 Å². The van der Waals surface area contributed by atoms with Gasteiger partial charge in [-0.1, -0.05) is 107 Å². The van der Waals surface area contributed by atoms with Gasteiger partial charge < -0.3 is 23.5 Å². The minimum Gasteiger partial charge on any atom is -0.472 e. The van der Waals surface area contributed by atoms with Crippen molar-refractivity contribution in [2.24, 2.45) is 0 Å². The Morgan fingerprint density at radius 1 is 1.11 bits per heavy atom. The van der Waals surface area contributed by atoms with Crippen molar-refractivity contribution in [1.82, 2.24) is 19.5 Å². The van der Waals surface area contributed by atoms with E-state index in [4.69, 9.17) is 32.9 Å². The van der Waals surface area contributed by atoms with E-state index in [0.29, 0.717) is 0 Å². The third-order valence-corrected chi connectivity index (χ3v) is 14.4. The van der Waals surface area contributed by atoms with Gasteiger partial charge in [-0.2, -0.15) is 15.2 Å². The van der Waals surface area contributed by atoms with E-state index in [1.807, 2.05) is 42.5 Å². The van der Waals surface area contributed by atoms with Crippen molar-refractivity contribution >= 4 is 49.7 Å². The summed E-state index contributed by atoms with van der Waals surface area (Å²) in [4.78, 5) is 36.4. The van der Waals surface area contributed by atoms with Crippen LogP contribution in [0.15, 0.2) is 92.3 Å². The average Bonchev–Trinajstić information content (AvgIpc) is 3.74. The van der Waals surface area contributed by atoms with Gasteiger partial charge in [0.25, 0.3) is 8.32 Å². The molecule has 17 heteroatoms. The number of amides is 1. The van der Waals surface area contributed by atoms with Crippen LogP contribution in [0.5, 0.6) is 5.88 Å². The van der Waals surface area contributed by atoms with Crippen molar-refractivity contribution in [3.05, 3.63) is 92.3 Å². The highest BCUT2D eigenvalue weighted by Gasteiger charge is 2.52. The van der Waals surface area contributed by atoms with Crippen LogP contribution in [0.2, 0.25) is 5.04 Å². The van der Waals surface area contributed by atoms with Gasteiger partial charge >= 0.3 is 13.9 Å². The van der Waals surface area contributed by atoms with E-state index in [1.165, 1.54) is 18.5 Å². The SMILES string of the molecule is C=CCOC(=O)Nc1nc(OCC=C)c2ncn([C@H]3C[C@H](OP(=O)(O)OCCC#N)[C@@H](CO[Si](c4ccccc4)(c4ccccc4)C(C)(C)C)O3)c2n1. The van der Waals surface area contributed by atoms with Crippen LogP contribution in [-0.4, -0.2) is 77.5 Å². The van der Waals surface area contributed by atoms with Gasteiger partial charge in [-0.25, -0.2) is 14.3 Å². The molecule has 5 rings (SSSR count). The third kappa shape index (κ3) is 9.27. The average molecular weight is 763 g/mol. The molecule has 1 fully saturated rings. The van der Waals surface area contributed by atoms with Gasteiger partial charge in [0.15, 0.2) is 11.2 Å². The van der Waals surface area contributed by atoms with E-state index in [-0.39, 0.29) is 67.3 Å². The Morgan fingerprint density at radius 2 is 1.77 bits per heavy atom. The molecule has 2 N–H and O–H groups in total. The number of hydrogen-bond acceptors (Lipinski definition) is 12. The number of nitrogens with zero attached hydrogens (tertiary/aromatic N) is 5. The fraction of sp³-hybridized carbons (Fsp3) is 0.361. The molecule has 15 nitrogen and oxygen atoms in total. The summed E-state index contributed by atoms with van der Waals surface area (Å²) in [6.45, 7) is 13.4. The lowest BCUT2D eigenvalue weighted by Gasteiger charge is -2.43. The molecule has 53 heavy (non-hydrogen) atoms. The molecular weight excluding hydrogens is 719 g/mol. The molecule has 4 atom stereocenters. The number of carbonyl (C=O) groups is 1. The quantitative estimate of drug-likeness (QED) is 0.0602. The summed E-state index contributed by atoms with van der Waals surface area (Å²) in [5.74, 6) is -0.0636. The number of nitrogens with one attached hydrogen (secondary N) is 1. The van der Waals surface area contributed by atoms with E-state index in [9.17, 15) is 14.3 Å². The number of aromatic nitrogens is 4. The second-order valence-corrected chi connectivity index (χ2v) is 18.7. The van der Waals surface area contributed by atoms with E-state index in [0.717, 1.165) is 10.4 Å². The first-order chi connectivity index (χ1) is 25.4. The highest BCUT2D eigenvalue weighted by Crippen LogP contribution is 2.49. The molecule has 1 saturated heterocycles. The van der Waals surface area contributed by atoms with Crippen LogP contribution >= 0.6 is 7.82 Å². The number of anilines is 1. The maximum absolute atomic E-state index is 13.2. The number of fused-ring (bicyclic) bond motifs is 1. The van der Waals surface area contributed by atoms with Crippen molar-refractivity contribution in [2.45, 2.75) is 57.1 Å². The second-order valence-electron chi connectivity index (χ2n) is 13.0. The predicted molar refractivity (Wildman–Crippen MR) is 199 cm³/mol. The van der Waals surface area contributed by atoms with Crippen molar-refractivity contribution in [2.75, 3.05) is 31.7 Å². The molecule has 0 bridgehead atoms. The van der Waals surface area contributed by atoms with E-state index < -0.39 is 40.7 Å². The largest absolute Gasteiger partial charge is 0.472 e. The third-order valence-electron chi connectivity index (χ3n) is 8.38. The lowest BCUT2D eigenvalue weighted by atomic mass is 10.2. The maximum Gasteiger partial charge on any atom is 0.472 e. The Bertz CT molecular complexity index is 1930. The molecule has 1 aliphatic rings. The molecule has 1 unspecified atom stereocenters. The minimum atomic E-state index is -4.65. The molecule has 2 aromatic carbocycles. The van der Waals surface area contributed by atoms with Gasteiger partial charge in [0.05, 0.1) is 32.0 Å². The van der Waals surface area contributed by atoms with Crippen LogP contribution in [0.3, 0.4) is 0 Å². The predicted octanol–water partition coefficient (Wildman–Crippen LogP) is 5.41. The topological polar surface area (TPSA) is 189 Å². The van der Waals surface area contributed by atoms with Gasteiger partial charge in [0.2, 0.25) is 11.8 Å². The first-order valence-corrected chi connectivity index (χ1v) is 20.3. The molecule has 0 saturated carbocycles. The standard InChI is InChI=1S/C36H43N6O9PSi/c1-6-20-46-33-31-32(39-34(40-33)41-35(43)47-21-7-2)42(25-38-31)30-23-28(51-52(44,45)48-22-14-19-37)29(50-30)24-49-53(36(3,4)5,26-15-10-8-11-16-26)27-17-12-9-13-18-27/h6-13,15-18,25,28-30H,1-2,14,20-24H2,3-5H3,(H,44,45)(H,39,40,41,43)/t28-,29+,30+/m0/s1. The number of imidazole rings is 1. The van der Waals surface area contributed by atoms with Crippen LogP contribution < -0.4 is 20.4 Å². The Hall–Kier alpha value is -4.72. The summed E-state index contributed by atoms with van der Waals surface area (Å²) < 4.78 is 50.1. The number of phosphoric ester groups is 1. The lowest BCUT2D eigenvalue weighted by molar-refractivity contribution is -0.0405. The fourth-order valence-corrected chi connectivity index (χ4v) is 11.7. The zero-order valence-corrected chi connectivity index (χ0v) is 31.7. The molecule has 1 aliphatic heterocycles. The lowest BCUT2D eigenvalue weighted by Crippen LogP contribution is -2.67. The van der Waals surface area contributed by atoms with Gasteiger partial charge in [-0.15, -0.1) is 0 Å². The summed E-state index contributed by atoms with van der Waals surface area (Å²) in [5.41, 5.74) is 0.491. The monoisotopic (exact) mass is 762 g/mol. The Kier molecular flexibility index (Phi) is 13.0. The highest BCUT2D eigenvalue weighted by atomic mass is 31.2. The van der Waals surface area contributed by atoms with Crippen molar-refractivity contribution in [1.29, 1.82) is 5.26 Å². The number of carbonyl (C=O) groups excluding carboxylic acids is 1. The van der Waals surface area contributed by atoms with Gasteiger partial charge in [-0.05, 0) is 15.4 Å². The van der Waals surface area contributed by atoms with Crippen LogP contribution in [0.25, 0.3) is 11.2 Å². The van der Waals surface area contributed by atoms with Crippen LogP contribution in [0.4, 0.5) is 10.7 Å². The molecule has 2 aromatic heterocycles. The van der Waals surface area contributed by atoms with E-state index in [2.05, 4.69) is 78.5 Å². The molecule has 4 aromatic rings. The first kappa shape index (κ1) is 39.5. The van der Waals surface area contributed by atoms with Gasteiger partial charge in [-0.3, -0.25) is 18.9 Å². The second kappa shape index (κ2) is 17.4. The number of hydrogen-bond donors (Lipinski definition) is 2. The summed E-state index contributed by atoms with van der Waals surface area (Å²) in [6.07, 6.45) is 0.792. The van der Waals surface area contributed by atoms with Crippen LogP contribution in [0, 0.1) is 11.3 Å². The summed E-state index contributed by atoms with van der Waals surface area (Å²) >= 11 is 0. The van der Waals surface area contributed by atoms with E-state index >= 15 is 0 Å². The normalized spacial score (nSPS) is 18.5. The first-order valence-electron chi connectivity index (χ1n) is 16.9. The zero-order valence-electron chi connectivity index (χ0n) is 29.8. The molecule has 3 heterocycles. The molecule has 0 aliphatic carbocycles. The minimum absolute atomic E-state index is 0.0239. The maximum atomic E-state index is 13.2. The van der Waals surface area contributed by atoms with E-state index in [1.54, 1.807) is 4.57 Å². The van der Waals surface area contributed by atoms with Crippen molar-refractivity contribution in [3.8, 4) is 11.9 Å². The molecule has 0 radical (unpaired) electrons.